The van der Waals surface area contributed by atoms with Crippen LogP contribution in [-0.2, 0) is 10.0 Å². The zero-order valence-electron chi connectivity index (χ0n) is 10.6. The summed E-state index contributed by atoms with van der Waals surface area (Å²) in [5.74, 6) is 0. The van der Waals surface area contributed by atoms with Gasteiger partial charge in [-0.05, 0) is 44.0 Å². The summed E-state index contributed by atoms with van der Waals surface area (Å²) in [5, 5.41) is -0.207. The molecule has 1 atom stereocenters. The Balaban J connectivity index is 3.09. The average Bonchev–Trinajstić information content (AvgIpc) is 2.20. The van der Waals surface area contributed by atoms with E-state index < -0.39 is 10.0 Å². The predicted octanol–water partition coefficient (Wildman–Crippen LogP) is 2.55. The number of alkyl halides is 1. The highest BCUT2D eigenvalue weighted by molar-refractivity contribution is 7.89. The lowest BCUT2D eigenvalue weighted by Crippen LogP contribution is -2.31. The van der Waals surface area contributed by atoms with Gasteiger partial charge in [0.25, 0.3) is 0 Å². The first-order valence-electron chi connectivity index (χ1n) is 5.43. The van der Waals surface area contributed by atoms with Crippen molar-refractivity contribution >= 4 is 21.6 Å². The van der Waals surface area contributed by atoms with Gasteiger partial charge in [-0.1, -0.05) is 6.07 Å². The quantitative estimate of drug-likeness (QED) is 0.792. The summed E-state index contributed by atoms with van der Waals surface area (Å²) >= 11 is 5.82. The Hall–Kier alpha value is -0.580. The molecule has 1 unspecified atom stereocenters. The third kappa shape index (κ3) is 3.44. The van der Waals surface area contributed by atoms with Gasteiger partial charge in [-0.3, -0.25) is 0 Å². The molecule has 0 aliphatic heterocycles. The van der Waals surface area contributed by atoms with Crippen molar-refractivity contribution in [3.8, 4) is 0 Å². The first kappa shape index (κ1) is 14.5. The van der Waals surface area contributed by atoms with Crippen LogP contribution < -0.4 is 0 Å². The van der Waals surface area contributed by atoms with Crippen molar-refractivity contribution in [2.24, 2.45) is 0 Å². The van der Waals surface area contributed by atoms with Crippen LogP contribution in [0.4, 0.5) is 0 Å². The number of rotatable bonds is 4. The van der Waals surface area contributed by atoms with Crippen LogP contribution >= 0.6 is 11.6 Å². The molecule has 0 fully saturated rings. The second-order valence-corrected chi connectivity index (χ2v) is 7.10. The summed E-state index contributed by atoms with van der Waals surface area (Å²) in [5.41, 5.74) is 2.05. The molecule has 0 heterocycles. The van der Waals surface area contributed by atoms with Crippen LogP contribution in [0.25, 0.3) is 0 Å². The van der Waals surface area contributed by atoms with E-state index in [1.54, 1.807) is 26.1 Å². The number of sulfonamides is 1. The smallest absolute Gasteiger partial charge is 0.207 e. The van der Waals surface area contributed by atoms with E-state index in [9.17, 15) is 8.42 Å². The molecule has 0 radical (unpaired) electrons. The maximum Gasteiger partial charge on any atom is 0.242 e. The third-order valence-electron chi connectivity index (χ3n) is 2.70. The Kier molecular flexibility index (Phi) is 4.58. The van der Waals surface area contributed by atoms with E-state index in [0.29, 0.717) is 11.4 Å². The number of nitrogens with zero attached hydrogens (tertiary/aromatic N) is 1. The second kappa shape index (κ2) is 5.38. The fourth-order valence-electron chi connectivity index (χ4n) is 1.51. The van der Waals surface area contributed by atoms with E-state index in [2.05, 4.69) is 0 Å². The highest BCUT2D eigenvalue weighted by Crippen LogP contribution is 2.18. The normalized spacial score (nSPS) is 14.0. The molecule has 0 aliphatic carbocycles. The molecule has 0 saturated heterocycles. The molecule has 0 spiro atoms. The van der Waals surface area contributed by atoms with E-state index in [0.717, 1.165) is 11.1 Å². The third-order valence-corrected chi connectivity index (χ3v) is 4.65. The van der Waals surface area contributed by atoms with Crippen LogP contribution in [-0.4, -0.2) is 31.7 Å². The number of aryl methyl sites for hydroxylation is 2. The monoisotopic (exact) mass is 275 g/mol. The number of benzene rings is 1. The van der Waals surface area contributed by atoms with Gasteiger partial charge in [-0.2, -0.15) is 4.31 Å². The van der Waals surface area contributed by atoms with Gasteiger partial charge in [-0.15, -0.1) is 11.6 Å². The van der Waals surface area contributed by atoms with Crippen LogP contribution in [0.15, 0.2) is 23.1 Å². The molecule has 1 aromatic rings. The lowest BCUT2D eigenvalue weighted by atomic mass is 10.1. The van der Waals surface area contributed by atoms with Gasteiger partial charge in [0.15, 0.2) is 0 Å². The average molecular weight is 276 g/mol. The van der Waals surface area contributed by atoms with Crippen LogP contribution in [0.1, 0.15) is 18.1 Å². The minimum atomic E-state index is -3.42. The van der Waals surface area contributed by atoms with Crippen LogP contribution in [0.3, 0.4) is 0 Å². The fraction of sp³-hybridized carbons (Fsp3) is 0.500. The molecule has 0 saturated carbocycles. The predicted molar refractivity (Wildman–Crippen MR) is 71.0 cm³/mol. The first-order valence-corrected chi connectivity index (χ1v) is 7.30. The zero-order valence-corrected chi connectivity index (χ0v) is 12.1. The molecule has 17 heavy (non-hydrogen) atoms. The summed E-state index contributed by atoms with van der Waals surface area (Å²) in [6.07, 6.45) is 0. The summed E-state index contributed by atoms with van der Waals surface area (Å²) in [7, 11) is -1.88. The van der Waals surface area contributed by atoms with E-state index >= 15 is 0 Å². The molecular formula is C12H18ClNO2S. The molecule has 96 valence electrons. The molecule has 1 rings (SSSR count). The molecule has 0 bridgehead atoms. The first-order chi connectivity index (χ1) is 7.75. The van der Waals surface area contributed by atoms with Crippen LogP contribution in [0, 0.1) is 13.8 Å². The Morgan fingerprint density at radius 2 is 1.88 bits per heavy atom. The summed E-state index contributed by atoms with van der Waals surface area (Å²) in [6.45, 7) is 5.93. The van der Waals surface area contributed by atoms with Gasteiger partial charge in [0.05, 0.1) is 4.90 Å². The molecule has 1 aromatic carbocycles. The highest BCUT2D eigenvalue weighted by atomic mass is 35.5. The van der Waals surface area contributed by atoms with Gasteiger partial charge < -0.3 is 0 Å². The van der Waals surface area contributed by atoms with Crippen molar-refractivity contribution in [3.63, 3.8) is 0 Å². The topological polar surface area (TPSA) is 37.4 Å². The maximum absolute atomic E-state index is 12.2. The van der Waals surface area contributed by atoms with E-state index in [1.165, 1.54) is 4.31 Å². The van der Waals surface area contributed by atoms with Crippen molar-refractivity contribution in [2.45, 2.75) is 31.0 Å². The van der Waals surface area contributed by atoms with Crippen LogP contribution in [0.5, 0.6) is 0 Å². The maximum atomic E-state index is 12.2. The molecule has 0 aliphatic rings. The van der Waals surface area contributed by atoms with Gasteiger partial charge in [-0.25, -0.2) is 8.42 Å². The molecular weight excluding hydrogens is 258 g/mol. The molecule has 0 amide bonds. The van der Waals surface area contributed by atoms with Crippen molar-refractivity contribution in [1.82, 2.24) is 4.31 Å². The van der Waals surface area contributed by atoms with E-state index in [4.69, 9.17) is 11.6 Å². The van der Waals surface area contributed by atoms with Crippen molar-refractivity contribution in [3.05, 3.63) is 29.3 Å². The highest BCUT2D eigenvalue weighted by Gasteiger charge is 2.21. The van der Waals surface area contributed by atoms with Gasteiger partial charge in [0.2, 0.25) is 10.0 Å². The largest absolute Gasteiger partial charge is 0.242 e. The van der Waals surface area contributed by atoms with Gasteiger partial charge in [0, 0.05) is 19.0 Å². The van der Waals surface area contributed by atoms with Gasteiger partial charge in [0.1, 0.15) is 0 Å². The Bertz CT molecular complexity index is 497. The summed E-state index contributed by atoms with van der Waals surface area (Å²) < 4.78 is 25.7. The number of halogens is 1. The Morgan fingerprint density at radius 3 is 2.35 bits per heavy atom. The molecule has 3 nitrogen and oxygen atoms in total. The fourth-order valence-corrected chi connectivity index (χ4v) is 3.14. The van der Waals surface area contributed by atoms with Crippen LogP contribution in [0.2, 0.25) is 0 Å². The lowest BCUT2D eigenvalue weighted by molar-refractivity contribution is 0.470. The number of hydrogen-bond donors (Lipinski definition) is 0. The Labute approximate surface area is 108 Å². The Morgan fingerprint density at radius 1 is 1.29 bits per heavy atom. The summed E-state index contributed by atoms with van der Waals surface area (Å²) in [4.78, 5) is 0.320. The van der Waals surface area contributed by atoms with E-state index in [1.807, 2.05) is 19.9 Å². The van der Waals surface area contributed by atoms with Crippen molar-refractivity contribution in [1.29, 1.82) is 0 Å². The minimum Gasteiger partial charge on any atom is -0.207 e. The minimum absolute atomic E-state index is 0.207. The SMILES string of the molecule is Cc1ccc(S(=O)(=O)N(C)CC(C)Cl)cc1C. The van der Waals surface area contributed by atoms with Crippen molar-refractivity contribution < 1.29 is 8.42 Å². The molecule has 0 aromatic heterocycles. The van der Waals surface area contributed by atoms with E-state index in [-0.39, 0.29) is 5.38 Å². The standard InChI is InChI=1S/C12H18ClNO2S/c1-9-5-6-12(7-10(9)2)17(15,16)14(4)8-11(3)13/h5-7,11H,8H2,1-4H3. The molecule has 0 N–H and O–H groups in total. The molecule has 5 heteroatoms. The van der Waals surface area contributed by atoms with Gasteiger partial charge >= 0.3 is 0 Å². The zero-order chi connectivity index (χ0) is 13.2. The van der Waals surface area contributed by atoms with Crippen molar-refractivity contribution in [2.75, 3.05) is 13.6 Å². The second-order valence-electron chi connectivity index (χ2n) is 4.31. The number of hydrogen-bond acceptors (Lipinski definition) is 2. The lowest BCUT2D eigenvalue weighted by Gasteiger charge is -2.18. The summed E-state index contributed by atoms with van der Waals surface area (Å²) in [6, 6.07) is 5.15.